The monoisotopic (exact) mass is 350 g/mol. The molecule has 0 bridgehead atoms. The van der Waals surface area contributed by atoms with Gasteiger partial charge in [0.05, 0.1) is 0 Å². The van der Waals surface area contributed by atoms with Crippen LogP contribution in [0.25, 0.3) is 0 Å². The van der Waals surface area contributed by atoms with Crippen molar-refractivity contribution in [2.45, 2.75) is 70.4 Å². The van der Waals surface area contributed by atoms with Crippen molar-refractivity contribution in [2.24, 2.45) is 0 Å². The van der Waals surface area contributed by atoms with Crippen LogP contribution in [0.5, 0.6) is 0 Å². The lowest BCUT2D eigenvalue weighted by Gasteiger charge is -2.39. The molecule has 0 amide bonds. The molecule has 0 N–H and O–H groups in total. The number of fused-ring (bicyclic) bond motifs is 1. The molecule has 26 heavy (non-hydrogen) atoms. The van der Waals surface area contributed by atoms with Crippen molar-refractivity contribution >= 4 is 0 Å². The first-order valence-electron chi connectivity index (χ1n) is 10.8. The maximum atomic E-state index is 2.78. The van der Waals surface area contributed by atoms with Crippen LogP contribution in [0.1, 0.15) is 56.6 Å². The van der Waals surface area contributed by atoms with Gasteiger partial charge in [0.15, 0.2) is 0 Å². The number of piperidine rings is 1. The maximum absolute atomic E-state index is 2.78. The highest BCUT2D eigenvalue weighted by Gasteiger charge is 2.29. The fraction of sp³-hybridized carbons (Fsp3) is 0.583. The predicted octanol–water partition coefficient (Wildman–Crippen LogP) is 4.95. The van der Waals surface area contributed by atoms with Crippen molar-refractivity contribution in [3.05, 3.63) is 59.3 Å². The predicted molar refractivity (Wildman–Crippen MR) is 110 cm³/mol. The van der Waals surface area contributed by atoms with Crippen LogP contribution in [0.4, 0.5) is 0 Å². The number of allylic oxidation sites excluding steroid dienone is 4. The van der Waals surface area contributed by atoms with E-state index in [1.165, 1.54) is 71.0 Å². The first kappa shape index (κ1) is 17.9. The molecule has 1 atom stereocenters. The number of hydrogen-bond acceptors (Lipinski definition) is 2. The first-order chi connectivity index (χ1) is 12.8. The van der Waals surface area contributed by atoms with Crippen molar-refractivity contribution in [3.63, 3.8) is 0 Å². The van der Waals surface area contributed by atoms with Crippen LogP contribution >= 0.6 is 0 Å². The summed E-state index contributed by atoms with van der Waals surface area (Å²) in [5.41, 5.74) is 4.72. The van der Waals surface area contributed by atoms with Crippen molar-refractivity contribution in [1.29, 1.82) is 0 Å². The maximum Gasteiger partial charge on any atom is 0.0367 e. The Morgan fingerprint density at radius 3 is 2.62 bits per heavy atom. The van der Waals surface area contributed by atoms with Gasteiger partial charge < -0.3 is 9.80 Å². The zero-order chi connectivity index (χ0) is 17.8. The Bertz CT molecular complexity index is 635. The summed E-state index contributed by atoms with van der Waals surface area (Å²) in [5, 5.41) is 0. The first-order valence-corrected chi connectivity index (χ1v) is 10.8. The van der Waals surface area contributed by atoms with Gasteiger partial charge in [-0.25, -0.2) is 0 Å². The summed E-state index contributed by atoms with van der Waals surface area (Å²) in [4.78, 5) is 5.51. The van der Waals surface area contributed by atoms with Gasteiger partial charge in [-0.2, -0.15) is 0 Å². The van der Waals surface area contributed by atoms with Crippen LogP contribution in [0.3, 0.4) is 0 Å². The number of benzene rings is 1. The lowest BCUT2D eigenvalue weighted by atomic mass is 9.98. The molecule has 1 fully saturated rings. The van der Waals surface area contributed by atoms with E-state index in [9.17, 15) is 0 Å². The van der Waals surface area contributed by atoms with E-state index in [0.717, 1.165) is 6.04 Å². The number of likely N-dealkylation sites (tertiary alicyclic amines) is 1. The second-order valence-corrected chi connectivity index (χ2v) is 8.22. The Hall–Kier alpha value is -1.54. The average Bonchev–Trinajstić information content (AvgIpc) is 3.13. The van der Waals surface area contributed by atoms with Gasteiger partial charge in [-0.3, -0.25) is 0 Å². The average molecular weight is 351 g/mol. The Kier molecular flexibility index (Phi) is 5.79. The van der Waals surface area contributed by atoms with E-state index in [-0.39, 0.29) is 0 Å². The van der Waals surface area contributed by atoms with Gasteiger partial charge in [-0.15, -0.1) is 0 Å². The molecule has 4 rings (SSSR count). The molecule has 0 aromatic heterocycles. The highest BCUT2D eigenvalue weighted by molar-refractivity contribution is 5.34. The molecular formula is C24H34N2. The molecule has 0 saturated carbocycles. The van der Waals surface area contributed by atoms with Crippen molar-refractivity contribution in [3.8, 4) is 0 Å². The molecule has 1 saturated heterocycles. The van der Waals surface area contributed by atoms with Crippen LogP contribution in [0.15, 0.2) is 48.2 Å². The molecule has 0 unspecified atom stereocenters. The lowest BCUT2D eigenvalue weighted by molar-refractivity contribution is 0.129. The summed E-state index contributed by atoms with van der Waals surface area (Å²) in [6, 6.07) is 10.5. The topological polar surface area (TPSA) is 6.48 Å². The van der Waals surface area contributed by atoms with E-state index in [4.69, 9.17) is 0 Å². The quantitative estimate of drug-likeness (QED) is 0.716. The van der Waals surface area contributed by atoms with Gasteiger partial charge in [0.25, 0.3) is 0 Å². The van der Waals surface area contributed by atoms with E-state index in [0.29, 0.717) is 6.04 Å². The van der Waals surface area contributed by atoms with E-state index >= 15 is 0 Å². The van der Waals surface area contributed by atoms with Crippen LogP contribution in [-0.4, -0.2) is 41.5 Å². The lowest BCUT2D eigenvalue weighted by Crippen LogP contribution is -2.43. The van der Waals surface area contributed by atoms with E-state index in [1.807, 2.05) is 0 Å². The van der Waals surface area contributed by atoms with Gasteiger partial charge in [0.1, 0.15) is 0 Å². The van der Waals surface area contributed by atoms with Crippen molar-refractivity contribution in [1.82, 2.24) is 9.80 Å². The largest absolute Gasteiger partial charge is 0.371 e. The fourth-order valence-electron chi connectivity index (χ4n) is 5.24. The Morgan fingerprint density at radius 1 is 1.12 bits per heavy atom. The fourth-order valence-corrected chi connectivity index (χ4v) is 5.24. The third-order valence-electron chi connectivity index (χ3n) is 6.69. The SMILES string of the molecule is CCN1CCCC[C@H]1CCN(C1=CC=CCC1)C1Cc2ccccc2C1. The van der Waals surface area contributed by atoms with Crippen molar-refractivity contribution < 1.29 is 0 Å². The molecule has 2 heteroatoms. The molecule has 1 aromatic rings. The summed E-state index contributed by atoms with van der Waals surface area (Å²) in [6.07, 6.45) is 17.3. The molecule has 2 aliphatic carbocycles. The van der Waals surface area contributed by atoms with E-state index in [2.05, 4.69) is 59.2 Å². The number of rotatable bonds is 6. The van der Waals surface area contributed by atoms with Crippen LogP contribution < -0.4 is 0 Å². The molecule has 0 spiro atoms. The molecule has 1 aliphatic heterocycles. The molecular weight excluding hydrogens is 316 g/mol. The Balaban J connectivity index is 1.47. The minimum atomic E-state index is 0.656. The number of nitrogens with zero attached hydrogens (tertiary/aromatic N) is 2. The number of hydrogen-bond donors (Lipinski definition) is 0. The molecule has 0 radical (unpaired) electrons. The summed E-state index contributed by atoms with van der Waals surface area (Å²) in [6.45, 7) is 6.07. The minimum Gasteiger partial charge on any atom is -0.371 e. The second-order valence-electron chi connectivity index (χ2n) is 8.22. The highest BCUT2D eigenvalue weighted by atomic mass is 15.2. The van der Waals surface area contributed by atoms with Crippen LogP contribution in [0, 0.1) is 0 Å². The molecule has 3 aliphatic rings. The summed E-state index contributed by atoms with van der Waals surface area (Å²) >= 11 is 0. The zero-order valence-electron chi connectivity index (χ0n) is 16.4. The third kappa shape index (κ3) is 3.91. The minimum absolute atomic E-state index is 0.656. The van der Waals surface area contributed by atoms with Crippen molar-refractivity contribution in [2.75, 3.05) is 19.6 Å². The third-order valence-corrected chi connectivity index (χ3v) is 6.69. The Morgan fingerprint density at radius 2 is 1.92 bits per heavy atom. The Labute approximate surface area is 159 Å². The van der Waals surface area contributed by atoms with E-state index in [1.54, 1.807) is 16.8 Å². The summed E-state index contributed by atoms with van der Waals surface area (Å²) in [7, 11) is 0. The van der Waals surface area contributed by atoms with Gasteiger partial charge in [0.2, 0.25) is 0 Å². The molecule has 1 heterocycles. The van der Waals surface area contributed by atoms with Gasteiger partial charge in [0, 0.05) is 24.3 Å². The normalized spacial score (nSPS) is 23.7. The molecule has 140 valence electrons. The summed E-state index contributed by atoms with van der Waals surface area (Å²) < 4.78 is 0. The molecule has 1 aromatic carbocycles. The van der Waals surface area contributed by atoms with Gasteiger partial charge in [-0.05, 0) is 75.2 Å². The standard InChI is InChI=1S/C24H34N2/c1-2-25-16-9-8-12-22(25)15-17-26(23-13-4-3-5-14-23)24-18-20-10-6-7-11-21(20)19-24/h3-4,6-7,10-11,13,22,24H,2,5,8-9,12,14-19H2,1H3/t22-/m0/s1. The molecule has 2 nitrogen and oxygen atoms in total. The zero-order valence-corrected chi connectivity index (χ0v) is 16.4. The van der Waals surface area contributed by atoms with E-state index < -0.39 is 0 Å². The van der Waals surface area contributed by atoms with Gasteiger partial charge >= 0.3 is 0 Å². The van der Waals surface area contributed by atoms with Crippen LogP contribution in [0.2, 0.25) is 0 Å². The van der Waals surface area contributed by atoms with Crippen LogP contribution in [-0.2, 0) is 12.8 Å². The highest BCUT2D eigenvalue weighted by Crippen LogP contribution is 2.31. The second kappa shape index (κ2) is 8.43. The smallest absolute Gasteiger partial charge is 0.0367 e. The van der Waals surface area contributed by atoms with Gasteiger partial charge in [-0.1, -0.05) is 49.8 Å². The summed E-state index contributed by atoms with van der Waals surface area (Å²) in [5.74, 6) is 0.